The van der Waals surface area contributed by atoms with Gasteiger partial charge in [0.2, 0.25) is 11.8 Å². The van der Waals surface area contributed by atoms with Crippen molar-refractivity contribution in [3.63, 3.8) is 0 Å². The van der Waals surface area contributed by atoms with Crippen LogP contribution in [0.2, 0.25) is 0 Å². The maximum atomic E-state index is 12.4. The molecule has 7 heteroatoms. The summed E-state index contributed by atoms with van der Waals surface area (Å²) < 4.78 is 10.6. The van der Waals surface area contributed by atoms with Crippen molar-refractivity contribution in [2.45, 2.75) is 37.9 Å². The first-order valence-electron chi connectivity index (χ1n) is 9.17. The topological polar surface area (TPSA) is 79.9 Å². The third kappa shape index (κ3) is 4.95. The van der Waals surface area contributed by atoms with E-state index >= 15 is 0 Å². The Labute approximate surface area is 154 Å². The second kappa shape index (κ2) is 9.00. The molecule has 0 bridgehead atoms. The van der Waals surface area contributed by atoms with E-state index in [2.05, 4.69) is 15.5 Å². The van der Waals surface area contributed by atoms with Gasteiger partial charge in [0, 0.05) is 38.9 Å². The number of carbonyl (C=O) groups is 2. The molecule has 3 rings (SSSR count). The van der Waals surface area contributed by atoms with Gasteiger partial charge in [-0.05, 0) is 30.5 Å². The second-order valence-electron chi connectivity index (χ2n) is 6.79. The van der Waals surface area contributed by atoms with Gasteiger partial charge in [0.25, 0.3) is 0 Å². The molecule has 1 aromatic rings. The van der Waals surface area contributed by atoms with Crippen molar-refractivity contribution in [1.29, 1.82) is 0 Å². The number of hydrogen-bond acceptors (Lipinski definition) is 5. The Kier molecular flexibility index (Phi) is 6.46. The van der Waals surface area contributed by atoms with Crippen molar-refractivity contribution >= 4 is 11.8 Å². The highest BCUT2D eigenvalue weighted by Gasteiger charge is 2.32. The van der Waals surface area contributed by atoms with E-state index in [1.54, 1.807) is 7.11 Å². The van der Waals surface area contributed by atoms with Crippen LogP contribution < -0.4 is 15.4 Å². The Morgan fingerprint density at radius 2 is 2.19 bits per heavy atom. The fraction of sp³-hybridized carbons (Fsp3) is 0.579. The maximum Gasteiger partial charge on any atom is 0.237 e. The molecule has 2 saturated heterocycles. The van der Waals surface area contributed by atoms with Crippen LogP contribution in [0.5, 0.6) is 5.75 Å². The third-order valence-corrected chi connectivity index (χ3v) is 4.93. The van der Waals surface area contributed by atoms with E-state index in [1.807, 2.05) is 24.3 Å². The van der Waals surface area contributed by atoms with E-state index in [-0.39, 0.29) is 24.3 Å². The molecule has 2 heterocycles. The first-order chi connectivity index (χ1) is 12.7. The molecule has 2 aliphatic heterocycles. The Balaban J connectivity index is 1.61. The number of rotatable bonds is 6. The SMILES string of the molecule is COc1cccc(CN2CCNC(=O)[C@H]2CC(=O)NC2CCOCC2)c1. The fourth-order valence-electron chi connectivity index (χ4n) is 3.48. The zero-order chi connectivity index (χ0) is 18.4. The van der Waals surface area contributed by atoms with E-state index in [0.29, 0.717) is 26.3 Å². The first kappa shape index (κ1) is 18.7. The van der Waals surface area contributed by atoms with Gasteiger partial charge in [0.15, 0.2) is 0 Å². The van der Waals surface area contributed by atoms with E-state index in [4.69, 9.17) is 9.47 Å². The van der Waals surface area contributed by atoms with Crippen LogP contribution >= 0.6 is 0 Å². The summed E-state index contributed by atoms with van der Waals surface area (Å²) in [5.41, 5.74) is 1.06. The number of benzene rings is 1. The zero-order valence-corrected chi connectivity index (χ0v) is 15.2. The Bertz CT molecular complexity index is 631. The highest BCUT2D eigenvalue weighted by molar-refractivity contribution is 5.88. The smallest absolute Gasteiger partial charge is 0.237 e. The molecule has 0 aliphatic carbocycles. The van der Waals surface area contributed by atoms with E-state index in [0.717, 1.165) is 30.7 Å². The number of nitrogens with zero attached hydrogens (tertiary/aromatic N) is 1. The molecule has 142 valence electrons. The largest absolute Gasteiger partial charge is 0.497 e. The summed E-state index contributed by atoms with van der Waals surface area (Å²) in [6.07, 6.45) is 1.83. The lowest BCUT2D eigenvalue weighted by atomic mass is 10.0. The minimum atomic E-state index is -0.449. The lowest BCUT2D eigenvalue weighted by Crippen LogP contribution is -2.56. The van der Waals surface area contributed by atoms with Crippen molar-refractivity contribution in [2.75, 3.05) is 33.4 Å². The van der Waals surface area contributed by atoms with Crippen LogP contribution in [0.15, 0.2) is 24.3 Å². The molecule has 0 unspecified atom stereocenters. The van der Waals surface area contributed by atoms with E-state index in [9.17, 15) is 9.59 Å². The van der Waals surface area contributed by atoms with Crippen LogP contribution in [-0.2, 0) is 20.9 Å². The Hall–Kier alpha value is -2.12. The summed E-state index contributed by atoms with van der Waals surface area (Å²) in [6, 6.07) is 7.50. The lowest BCUT2D eigenvalue weighted by Gasteiger charge is -2.35. The van der Waals surface area contributed by atoms with Gasteiger partial charge >= 0.3 is 0 Å². The molecule has 0 aromatic heterocycles. The molecule has 2 N–H and O–H groups in total. The molecule has 26 heavy (non-hydrogen) atoms. The third-order valence-electron chi connectivity index (χ3n) is 4.93. The highest BCUT2D eigenvalue weighted by atomic mass is 16.5. The number of methoxy groups -OCH3 is 1. The van der Waals surface area contributed by atoms with Crippen molar-refractivity contribution in [3.8, 4) is 5.75 Å². The van der Waals surface area contributed by atoms with Crippen LogP contribution in [0.25, 0.3) is 0 Å². The van der Waals surface area contributed by atoms with Gasteiger partial charge in [0.1, 0.15) is 5.75 Å². The summed E-state index contributed by atoms with van der Waals surface area (Å²) in [5, 5.41) is 5.92. The quantitative estimate of drug-likeness (QED) is 0.779. The maximum absolute atomic E-state index is 12.4. The van der Waals surface area contributed by atoms with Crippen molar-refractivity contribution in [1.82, 2.24) is 15.5 Å². The van der Waals surface area contributed by atoms with Gasteiger partial charge < -0.3 is 20.1 Å². The highest BCUT2D eigenvalue weighted by Crippen LogP contribution is 2.18. The van der Waals surface area contributed by atoms with Crippen LogP contribution in [-0.4, -0.2) is 62.2 Å². The number of carbonyl (C=O) groups excluding carboxylic acids is 2. The van der Waals surface area contributed by atoms with Crippen LogP contribution in [0.1, 0.15) is 24.8 Å². The summed E-state index contributed by atoms with van der Waals surface area (Å²) in [4.78, 5) is 26.9. The normalized spacial score (nSPS) is 21.9. The van der Waals surface area contributed by atoms with Crippen LogP contribution in [0.3, 0.4) is 0 Å². The average Bonchev–Trinajstić information content (AvgIpc) is 2.65. The summed E-state index contributed by atoms with van der Waals surface area (Å²) in [7, 11) is 1.64. The molecule has 1 atom stereocenters. The fourth-order valence-corrected chi connectivity index (χ4v) is 3.48. The molecule has 0 radical (unpaired) electrons. The predicted octanol–water partition coefficient (Wildman–Crippen LogP) is 0.681. The first-order valence-corrected chi connectivity index (χ1v) is 9.17. The lowest BCUT2D eigenvalue weighted by molar-refractivity contribution is -0.134. The van der Waals surface area contributed by atoms with E-state index in [1.165, 1.54) is 0 Å². The minimum absolute atomic E-state index is 0.0745. The van der Waals surface area contributed by atoms with Gasteiger partial charge in [-0.1, -0.05) is 12.1 Å². The molecule has 7 nitrogen and oxygen atoms in total. The van der Waals surface area contributed by atoms with Crippen molar-refractivity contribution in [3.05, 3.63) is 29.8 Å². The molecule has 0 spiro atoms. The van der Waals surface area contributed by atoms with Gasteiger partial charge in [-0.25, -0.2) is 0 Å². The second-order valence-corrected chi connectivity index (χ2v) is 6.79. The van der Waals surface area contributed by atoms with Gasteiger partial charge in [-0.2, -0.15) is 0 Å². The molecule has 1 aromatic carbocycles. The average molecular weight is 361 g/mol. The number of piperazine rings is 1. The predicted molar refractivity (Wildman–Crippen MR) is 96.8 cm³/mol. The van der Waals surface area contributed by atoms with Crippen molar-refractivity contribution < 1.29 is 19.1 Å². The molecule has 0 saturated carbocycles. The summed E-state index contributed by atoms with van der Waals surface area (Å²) >= 11 is 0. The van der Waals surface area contributed by atoms with Crippen molar-refractivity contribution in [2.24, 2.45) is 0 Å². The number of amides is 2. The van der Waals surface area contributed by atoms with Crippen LogP contribution in [0.4, 0.5) is 0 Å². The summed E-state index contributed by atoms with van der Waals surface area (Å²) in [5.74, 6) is 0.633. The number of hydrogen-bond donors (Lipinski definition) is 2. The zero-order valence-electron chi connectivity index (χ0n) is 15.2. The Morgan fingerprint density at radius 3 is 2.96 bits per heavy atom. The number of ether oxygens (including phenoxy) is 2. The van der Waals surface area contributed by atoms with Gasteiger partial charge in [-0.3, -0.25) is 14.5 Å². The van der Waals surface area contributed by atoms with Gasteiger partial charge in [-0.15, -0.1) is 0 Å². The Morgan fingerprint density at radius 1 is 1.38 bits per heavy atom. The monoisotopic (exact) mass is 361 g/mol. The molecule has 2 amide bonds. The van der Waals surface area contributed by atoms with Crippen LogP contribution in [0, 0.1) is 0 Å². The minimum Gasteiger partial charge on any atom is -0.497 e. The molecule has 2 fully saturated rings. The number of nitrogens with one attached hydrogen (secondary N) is 2. The molecular formula is C19H27N3O4. The van der Waals surface area contributed by atoms with Gasteiger partial charge in [0.05, 0.1) is 19.6 Å². The standard InChI is InChI=1S/C19H27N3O4/c1-25-16-4-2-3-14(11-16)13-22-8-7-20-19(24)17(22)12-18(23)21-15-5-9-26-10-6-15/h2-4,11,15,17H,5-10,12-13H2,1H3,(H,20,24)(H,21,23)/t17-/m1/s1. The summed E-state index contributed by atoms with van der Waals surface area (Å²) in [6.45, 7) is 3.28. The molecule has 2 aliphatic rings. The van der Waals surface area contributed by atoms with E-state index < -0.39 is 6.04 Å². The molecular weight excluding hydrogens is 334 g/mol.